The SMILES string of the molecule is CCC(Nc1nc(Br)cs1)C(=O)O. The van der Waals surface area contributed by atoms with Crippen molar-refractivity contribution in [1.82, 2.24) is 4.98 Å². The number of carboxylic acid groups (broad SMARTS) is 1. The number of carbonyl (C=O) groups is 1. The number of rotatable bonds is 4. The van der Waals surface area contributed by atoms with E-state index in [0.29, 0.717) is 11.6 Å². The van der Waals surface area contributed by atoms with Gasteiger partial charge in [0, 0.05) is 5.38 Å². The molecule has 1 unspecified atom stereocenters. The minimum atomic E-state index is -0.853. The normalized spacial score (nSPS) is 12.5. The Bertz CT molecular complexity index is 302. The van der Waals surface area contributed by atoms with Gasteiger partial charge in [0.05, 0.1) is 0 Å². The average Bonchev–Trinajstić information content (AvgIpc) is 2.46. The Morgan fingerprint density at radius 3 is 3.00 bits per heavy atom. The van der Waals surface area contributed by atoms with E-state index in [2.05, 4.69) is 26.2 Å². The summed E-state index contributed by atoms with van der Waals surface area (Å²) in [5.74, 6) is -0.853. The number of aromatic nitrogens is 1. The summed E-state index contributed by atoms with van der Waals surface area (Å²) >= 11 is 4.57. The van der Waals surface area contributed by atoms with Crippen molar-refractivity contribution >= 4 is 38.4 Å². The smallest absolute Gasteiger partial charge is 0.326 e. The molecule has 0 spiro atoms. The quantitative estimate of drug-likeness (QED) is 0.875. The first-order valence-electron chi connectivity index (χ1n) is 3.74. The van der Waals surface area contributed by atoms with Crippen LogP contribution in [0.15, 0.2) is 9.98 Å². The lowest BCUT2D eigenvalue weighted by molar-refractivity contribution is -0.137. The number of carboxylic acids is 1. The minimum Gasteiger partial charge on any atom is -0.480 e. The van der Waals surface area contributed by atoms with Crippen LogP contribution in [0.2, 0.25) is 0 Å². The van der Waals surface area contributed by atoms with Gasteiger partial charge in [-0.1, -0.05) is 6.92 Å². The summed E-state index contributed by atoms with van der Waals surface area (Å²) in [5, 5.41) is 14.0. The summed E-state index contributed by atoms with van der Waals surface area (Å²) in [6.45, 7) is 1.81. The van der Waals surface area contributed by atoms with Crippen LogP contribution in [0.1, 0.15) is 13.3 Å². The van der Waals surface area contributed by atoms with E-state index in [-0.39, 0.29) is 0 Å². The molecule has 0 amide bonds. The fourth-order valence-electron chi connectivity index (χ4n) is 0.808. The van der Waals surface area contributed by atoms with Crippen LogP contribution < -0.4 is 5.32 Å². The van der Waals surface area contributed by atoms with Crippen LogP contribution in [0.4, 0.5) is 5.13 Å². The molecule has 0 radical (unpaired) electrons. The van der Waals surface area contributed by atoms with Gasteiger partial charge >= 0.3 is 5.97 Å². The largest absolute Gasteiger partial charge is 0.480 e. The third kappa shape index (κ3) is 2.96. The first-order valence-corrected chi connectivity index (χ1v) is 5.41. The average molecular weight is 265 g/mol. The molecule has 0 saturated carbocycles. The van der Waals surface area contributed by atoms with E-state index >= 15 is 0 Å². The Morgan fingerprint density at radius 2 is 2.62 bits per heavy atom. The maximum atomic E-state index is 10.6. The minimum absolute atomic E-state index is 0.534. The zero-order chi connectivity index (χ0) is 9.84. The highest BCUT2D eigenvalue weighted by Crippen LogP contribution is 2.20. The third-order valence-electron chi connectivity index (χ3n) is 1.48. The van der Waals surface area contributed by atoms with Crippen LogP contribution in [0.5, 0.6) is 0 Å². The molecule has 1 heterocycles. The van der Waals surface area contributed by atoms with Crippen LogP contribution >= 0.6 is 27.3 Å². The number of halogens is 1. The lowest BCUT2D eigenvalue weighted by atomic mass is 10.2. The van der Waals surface area contributed by atoms with Crippen molar-refractivity contribution in [3.63, 3.8) is 0 Å². The van der Waals surface area contributed by atoms with Gasteiger partial charge in [-0.25, -0.2) is 9.78 Å². The van der Waals surface area contributed by atoms with E-state index < -0.39 is 12.0 Å². The van der Waals surface area contributed by atoms with Gasteiger partial charge in [0.15, 0.2) is 5.13 Å². The van der Waals surface area contributed by atoms with Gasteiger partial charge in [0.25, 0.3) is 0 Å². The second-order valence-corrected chi connectivity index (χ2v) is 4.09. The van der Waals surface area contributed by atoms with Crippen molar-refractivity contribution in [1.29, 1.82) is 0 Å². The molecule has 6 heteroatoms. The van der Waals surface area contributed by atoms with E-state index in [4.69, 9.17) is 5.11 Å². The Morgan fingerprint density at radius 1 is 1.92 bits per heavy atom. The van der Waals surface area contributed by atoms with Crippen molar-refractivity contribution in [3.8, 4) is 0 Å². The van der Waals surface area contributed by atoms with Gasteiger partial charge in [-0.15, -0.1) is 11.3 Å². The number of thiazole rings is 1. The maximum Gasteiger partial charge on any atom is 0.326 e. The van der Waals surface area contributed by atoms with Crippen LogP contribution in [0.3, 0.4) is 0 Å². The van der Waals surface area contributed by atoms with Gasteiger partial charge in [-0.2, -0.15) is 0 Å². The van der Waals surface area contributed by atoms with Gasteiger partial charge < -0.3 is 10.4 Å². The summed E-state index contributed by atoms with van der Waals surface area (Å²) in [6, 6.07) is -0.557. The van der Waals surface area contributed by atoms with Gasteiger partial charge in [0.1, 0.15) is 10.6 Å². The van der Waals surface area contributed by atoms with Crippen molar-refractivity contribution in [2.75, 3.05) is 5.32 Å². The molecule has 0 aliphatic heterocycles. The Kier molecular flexibility index (Phi) is 3.68. The van der Waals surface area contributed by atoms with E-state index in [1.165, 1.54) is 11.3 Å². The summed E-state index contributed by atoms with van der Waals surface area (Å²) in [5.41, 5.74) is 0. The molecule has 0 aliphatic rings. The van der Waals surface area contributed by atoms with Crippen LogP contribution in [-0.2, 0) is 4.79 Å². The molecule has 1 atom stereocenters. The third-order valence-corrected chi connectivity index (χ3v) is 2.96. The molecule has 4 nitrogen and oxygen atoms in total. The molecule has 72 valence electrons. The molecular formula is C7H9BrN2O2S. The van der Waals surface area contributed by atoms with Crippen LogP contribution in [-0.4, -0.2) is 22.1 Å². The fourth-order valence-corrected chi connectivity index (χ4v) is 2.01. The van der Waals surface area contributed by atoms with Gasteiger partial charge in [-0.05, 0) is 22.4 Å². The van der Waals surface area contributed by atoms with Crippen LogP contribution in [0.25, 0.3) is 0 Å². The molecule has 0 aliphatic carbocycles. The summed E-state index contributed by atoms with van der Waals surface area (Å²) in [7, 11) is 0. The predicted molar refractivity (Wildman–Crippen MR) is 55.2 cm³/mol. The zero-order valence-electron chi connectivity index (χ0n) is 6.95. The van der Waals surface area contributed by atoms with E-state index in [1.807, 2.05) is 6.92 Å². The Hall–Kier alpha value is -0.620. The van der Waals surface area contributed by atoms with E-state index in [9.17, 15) is 4.79 Å². The lowest BCUT2D eigenvalue weighted by Crippen LogP contribution is -2.28. The molecule has 1 rings (SSSR count). The number of nitrogens with zero attached hydrogens (tertiary/aromatic N) is 1. The van der Waals surface area contributed by atoms with Crippen molar-refractivity contribution in [3.05, 3.63) is 9.98 Å². The molecule has 1 aromatic rings. The fraction of sp³-hybridized carbons (Fsp3) is 0.429. The van der Waals surface area contributed by atoms with Crippen molar-refractivity contribution in [2.45, 2.75) is 19.4 Å². The van der Waals surface area contributed by atoms with E-state index in [1.54, 1.807) is 5.38 Å². The summed E-state index contributed by atoms with van der Waals surface area (Å²) < 4.78 is 0.722. The lowest BCUT2D eigenvalue weighted by Gasteiger charge is -2.09. The van der Waals surface area contributed by atoms with Gasteiger partial charge in [0.2, 0.25) is 0 Å². The second-order valence-electron chi connectivity index (χ2n) is 2.42. The highest BCUT2D eigenvalue weighted by molar-refractivity contribution is 9.10. The first kappa shape index (κ1) is 10.5. The van der Waals surface area contributed by atoms with Crippen molar-refractivity contribution in [2.24, 2.45) is 0 Å². The summed E-state index contributed by atoms with van der Waals surface area (Å²) in [6.07, 6.45) is 0.534. The highest BCUT2D eigenvalue weighted by atomic mass is 79.9. The molecule has 0 aromatic carbocycles. The topological polar surface area (TPSA) is 62.2 Å². The van der Waals surface area contributed by atoms with E-state index in [0.717, 1.165) is 4.60 Å². The first-order chi connectivity index (χ1) is 6.13. The van der Waals surface area contributed by atoms with Crippen LogP contribution in [0, 0.1) is 0 Å². The molecule has 13 heavy (non-hydrogen) atoms. The highest BCUT2D eigenvalue weighted by Gasteiger charge is 2.15. The van der Waals surface area contributed by atoms with Crippen molar-refractivity contribution < 1.29 is 9.90 Å². The number of nitrogens with one attached hydrogen (secondary N) is 1. The number of anilines is 1. The number of aliphatic carboxylic acids is 1. The molecule has 1 aromatic heterocycles. The predicted octanol–water partition coefficient (Wildman–Crippen LogP) is 2.18. The molecule has 0 saturated heterocycles. The molecule has 2 N–H and O–H groups in total. The Balaban J connectivity index is 2.61. The number of hydrogen-bond acceptors (Lipinski definition) is 4. The standard InChI is InChI=1S/C7H9BrN2O2S/c1-2-4(6(11)12)9-7-10-5(8)3-13-7/h3-4H,2H2,1H3,(H,9,10)(H,11,12). The number of hydrogen-bond donors (Lipinski definition) is 2. The maximum absolute atomic E-state index is 10.6. The van der Waals surface area contributed by atoms with Gasteiger partial charge in [-0.3, -0.25) is 0 Å². The second kappa shape index (κ2) is 4.57. The molecule has 0 fully saturated rings. The molecular weight excluding hydrogens is 256 g/mol. The molecule has 0 bridgehead atoms. The summed E-state index contributed by atoms with van der Waals surface area (Å²) in [4.78, 5) is 14.7. The monoisotopic (exact) mass is 264 g/mol. The Labute approximate surface area is 88.1 Å². The zero-order valence-corrected chi connectivity index (χ0v) is 9.35.